The smallest absolute Gasteiger partial charge is 0.144 e. The van der Waals surface area contributed by atoms with E-state index in [9.17, 15) is 4.79 Å². The summed E-state index contributed by atoms with van der Waals surface area (Å²) in [6.45, 7) is 1.66. The van der Waals surface area contributed by atoms with Crippen molar-refractivity contribution in [2.45, 2.75) is 19.5 Å². The van der Waals surface area contributed by atoms with Crippen molar-refractivity contribution < 1.29 is 4.79 Å². The molecular formula is C15H16N2O. The van der Waals surface area contributed by atoms with Crippen LogP contribution in [-0.2, 0) is 4.79 Å². The van der Waals surface area contributed by atoms with Gasteiger partial charge in [0.15, 0.2) is 0 Å². The molecule has 18 heavy (non-hydrogen) atoms. The van der Waals surface area contributed by atoms with Crippen molar-refractivity contribution in [2.75, 3.05) is 10.6 Å². The van der Waals surface area contributed by atoms with E-state index >= 15 is 0 Å². The molecule has 0 bridgehead atoms. The molecular weight excluding hydrogens is 224 g/mol. The molecule has 1 atom stereocenters. The zero-order chi connectivity index (χ0) is 12.6. The number of Topliss-reactive ketones (excluding diaryl/α,β-unsaturated/α-hetero) is 1. The largest absolute Gasteiger partial charge is 0.363 e. The van der Waals surface area contributed by atoms with Gasteiger partial charge in [-0.3, -0.25) is 4.79 Å². The average molecular weight is 240 g/mol. The van der Waals surface area contributed by atoms with Gasteiger partial charge in [-0.2, -0.15) is 0 Å². The first kappa shape index (κ1) is 11.1. The van der Waals surface area contributed by atoms with Gasteiger partial charge in [0.2, 0.25) is 0 Å². The number of anilines is 2. The van der Waals surface area contributed by atoms with E-state index in [2.05, 4.69) is 10.6 Å². The van der Waals surface area contributed by atoms with Crippen LogP contribution >= 0.6 is 0 Å². The summed E-state index contributed by atoms with van der Waals surface area (Å²) >= 11 is 0. The van der Waals surface area contributed by atoms with Crippen molar-refractivity contribution in [3.63, 3.8) is 0 Å². The third kappa shape index (κ3) is 1.55. The van der Waals surface area contributed by atoms with Crippen LogP contribution in [0.1, 0.15) is 13.3 Å². The second-order valence-corrected chi connectivity index (χ2v) is 4.86. The van der Waals surface area contributed by atoms with Gasteiger partial charge in [0, 0.05) is 0 Å². The maximum Gasteiger partial charge on any atom is 0.144 e. The van der Waals surface area contributed by atoms with Crippen LogP contribution in [0.5, 0.6) is 0 Å². The van der Waals surface area contributed by atoms with Crippen LogP contribution in [0.25, 0.3) is 0 Å². The second-order valence-electron chi connectivity index (χ2n) is 4.86. The topological polar surface area (TPSA) is 41.1 Å². The Balaban J connectivity index is 1.94. The van der Waals surface area contributed by atoms with Gasteiger partial charge in [-0.15, -0.1) is 0 Å². The van der Waals surface area contributed by atoms with Crippen molar-refractivity contribution in [3.8, 4) is 0 Å². The highest BCUT2D eigenvalue weighted by Gasteiger charge is 2.43. The summed E-state index contributed by atoms with van der Waals surface area (Å²) in [5, 5.41) is 6.82. The van der Waals surface area contributed by atoms with E-state index in [1.165, 1.54) is 0 Å². The van der Waals surface area contributed by atoms with Crippen LogP contribution in [0.2, 0.25) is 0 Å². The van der Waals surface area contributed by atoms with Crippen molar-refractivity contribution in [3.05, 3.63) is 48.6 Å². The molecule has 3 heteroatoms. The minimum Gasteiger partial charge on any atom is -0.363 e. The Kier molecular flexibility index (Phi) is 2.47. The van der Waals surface area contributed by atoms with Gasteiger partial charge >= 0.3 is 0 Å². The average Bonchev–Trinajstić information content (AvgIpc) is 2.83. The molecule has 3 rings (SSSR count). The van der Waals surface area contributed by atoms with Crippen molar-refractivity contribution in [1.82, 2.24) is 0 Å². The number of allylic oxidation sites excluding steroid dienone is 3. The monoisotopic (exact) mass is 240 g/mol. The first-order valence-electron chi connectivity index (χ1n) is 6.20. The van der Waals surface area contributed by atoms with Gasteiger partial charge in [-0.05, 0) is 25.5 Å². The molecule has 0 aromatic heterocycles. The van der Waals surface area contributed by atoms with Gasteiger partial charge in [-0.1, -0.05) is 36.4 Å². The number of fused-ring (bicyclic) bond motifs is 1. The number of hydrogen-bond donors (Lipinski definition) is 2. The van der Waals surface area contributed by atoms with Gasteiger partial charge in [0.25, 0.3) is 0 Å². The molecule has 0 saturated carbocycles. The maximum absolute atomic E-state index is 12.1. The molecule has 1 aliphatic heterocycles. The number of nitrogens with one attached hydrogen (secondary N) is 2. The standard InChI is InChI=1S/C15H16N2O/c1-11(18)15(9-5-2-6-10-15)14-16-12-7-3-4-8-13(12)17-14/h2-9,14,16-17H,10H2,1H3. The summed E-state index contributed by atoms with van der Waals surface area (Å²) in [6, 6.07) is 8.04. The first-order valence-corrected chi connectivity index (χ1v) is 6.20. The molecule has 92 valence electrons. The zero-order valence-corrected chi connectivity index (χ0v) is 10.3. The maximum atomic E-state index is 12.1. The molecule has 3 nitrogen and oxygen atoms in total. The second kappa shape index (κ2) is 4.02. The Morgan fingerprint density at radius 3 is 2.39 bits per heavy atom. The summed E-state index contributed by atoms with van der Waals surface area (Å²) in [6.07, 6.45) is 8.66. The third-order valence-electron chi connectivity index (χ3n) is 3.79. The van der Waals surface area contributed by atoms with E-state index in [0.29, 0.717) is 0 Å². The molecule has 0 radical (unpaired) electrons. The fourth-order valence-corrected chi connectivity index (χ4v) is 2.65. The van der Waals surface area contributed by atoms with Crippen LogP contribution in [0.4, 0.5) is 11.4 Å². The molecule has 0 spiro atoms. The lowest BCUT2D eigenvalue weighted by atomic mass is 9.75. The molecule has 0 saturated heterocycles. The highest BCUT2D eigenvalue weighted by atomic mass is 16.1. The number of para-hydroxylation sites is 2. The number of rotatable bonds is 2. The fraction of sp³-hybridized carbons (Fsp3) is 0.267. The van der Waals surface area contributed by atoms with Gasteiger partial charge < -0.3 is 10.6 Å². The molecule has 0 fully saturated rings. The van der Waals surface area contributed by atoms with Gasteiger partial charge in [0.05, 0.1) is 16.8 Å². The van der Waals surface area contributed by atoms with Crippen LogP contribution in [0.3, 0.4) is 0 Å². The van der Waals surface area contributed by atoms with E-state index in [0.717, 1.165) is 17.8 Å². The molecule has 1 aromatic rings. The molecule has 1 unspecified atom stereocenters. The van der Waals surface area contributed by atoms with Crippen LogP contribution in [-0.4, -0.2) is 11.9 Å². The predicted octanol–water partition coefficient (Wildman–Crippen LogP) is 2.94. The Morgan fingerprint density at radius 2 is 1.89 bits per heavy atom. The highest BCUT2D eigenvalue weighted by molar-refractivity contribution is 5.89. The van der Waals surface area contributed by atoms with Crippen LogP contribution in [0, 0.1) is 5.41 Å². The lowest BCUT2D eigenvalue weighted by Crippen LogP contribution is -2.46. The van der Waals surface area contributed by atoms with E-state index in [-0.39, 0.29) is 11.9 Å². The Hall–Kier alpha value is -2.03. The number of carbonyl (C=O) groups is 1. The van der Waals surface area contributed by atoms with Crippen molar-refractivity contribution in [2.24, 2.45) is 5.41 Å². The molecule has 2 N–H and O–H groups in total. The number of benzene rings is 1. The molecule has 0 amide bonds. The van der Waals surface area contributed by atoms with Gasteiger partial charge in [-0.25, -0.2) is 0 Å². The number of hydrogen-bond acceptors (Lipinski definition) is 3. The summed E-state index contributed by atoms with van der Waals surface area (Å²) in [7, 11) is 0. The van der Waals surface area contributed by atoms with Crippen LogP contribution < -0.4 is 10.6 Å². The number of carbonyl (C=O) groups excluding carboxylic acids is 1. The van der Waals surface area contributed by atoms with Crippen molar-refractivity contribution >= 4 is 17.2 Å². The Labute approximate surface area is 107 Å². The molecule has 1 aliphatic carbocycles. The van der Waals surface area contributed by atoms with E-state index in [1.54, 1.807) is 6.92 Å². The quantitative estimate of drug-likeness (QED) is 0.835. The lowest BCUT2D eigenvalue weighted by molar-refractivity contribution is -0.124. The molecule has 1 aromatic carbocycles. The van der Waals surface area contributed by atoms with Gasteiger partial charge in [0.1, 0.15) is 11.9 Å². The Morgan fingerprint density at radius 1 is 1.22 bits per heavy atom. The third-order valence-corrected chi connectivity index (χ3v) is 3.79. The van der Waals surface area contributed by atoms with Crippen molar-refractivity contribution in [1.29, 1.82) is 0 Å². The normalized spacial score (nSPS) is 25.4. The zero-order valence-electron chi connectivity index (χ0n) is 10.3. The summed E-state index contributed by atoms with van der Waals surface area (Å²) in [4.78, 5) is 12.1. The minimum atomic E-state index is -0.492. The molecule has 2 aliphatic rings. The lowest BCUT2D eigenvalue weighted by Gasteiger charge is -2.35. The SMILES string of the molecule is CC(=O)C1(C2Nc3ccccc3N2)C=CC=CC1. The minimum absolute atomic E-state index is 0.0754. The van der Waals surface area contributed by atoms with Crippen LogP contribution in [0.15, 0.2) is 48.6 Å². The Bertz CT molecular complexity index is 522. The summed E-state index contributed by atoms with van der Waals surface area (Å²) in [5.74, 6) is 0.181. The van der Waals surface area contributed by atoms with E-state index < -0.39 is 5.41 Å². The predicted molar refractivity (Wildman–Crippen MR) is 73.5 cm³/mol. The first-order chi connectivity index (χ1) is 8.72. The van der Waals surface area contributed by atoms with E-state index in [4.69, 9.17) is 0 Å². The molecule has 1 heterocycles. The van der Waals surface area contributed by atoms with E-state index in [1.807, 2.05) is 48.6 Å². The number of ketones is 1. The highest BCUT2D eigenvalue weighted by Crippen LogP contribution is 2.40. The summed E-state index contributed by atoms with van der Waals surface area (Å²) < 4.78 is 0. The summed E-state index contributed by atoms with van der Waals surface area (Å²) in [5.41, 5.74) is 1.63. The fourth-order valence-electron chi connectivity index (χ4n) is 2.65.